The van der Waals surface area contributed by atoms with Gasteiger partial charge in [-0.2, -0.15) is 0 Å². The molecule has 0 fully saturated rings. The Kier molecular flexibility index (Phi) is 7.83. The molecule has 0 atom stereocenters. The van der Waals surface area contributed by atoms with Crippen LogP contribution in [0.2, 0.25) is 0 Å². The summed E-state index contributed by atoms with van der Waals surface area (Å²) in [5.41, 5.74) is 0. The minimum atomic E-state index is -1.18. The van der Waals surface area contributed by atoms with E-state index in [2.05, 4.69) is 12.2 Å². The second kappa shape index (κ2) is 8.70. The molecule has 16 heavy (non-hydrogen) atoms. The molecule has 0 aliphatic rings. The summed E-state index contributed by atoms with van der Waals surface area (Å²) in [7, 11) is 0. The van der Waals surface area contributed by atoms with Crippen molar-refractivity contribution in [2.45, 2.75) is 32.6 Å². The van der Waals surface area contributed by atoms with Gasteiger partial charge in [-0.05, 0) is 6.42 Å². The Morgan fingerprint density at radius 1 is 1.00 bits per heavy atom. The summed E-state index contributed by atoms with van der Waals surface area (Å²) in [4.78, 5) is 32.2. The molecule has 0 bridgehead atoms. The molecule has 0 rings (SSSR count). The van der Waals surface area contributed by atoms with E-state index in [0.717, 1.165) is 25.7 Å². The largest absolute Gasteiger partial charge is 0.480 e. The van der Waals surface area contributed by atoms with Crippen molar-refractivity contribution in [3.63, 3.8) is 0 Å². The number of amides is 2. The van der Waals surface area contributed by atoms with E-state index in [0.29, 0.717) is 6.54 Å². The number of carboxylic acids is 1. The first-order valence-corrected chi connectivity index (χ1v) is 5.35. The highest BCUT2D eigenvalue weighted by molar-refractivity contribution is 6.35. The van der Waals surface area contributed by atoms with Crippen LogP contribution in [-0.4, -0.2) is 36.0 Å². The molecule has 0 saturated carbocycles. The quantitative estimate of drug-likeness (QED) is 0.420. The lowest BCUT2D eigenvalue weighted by Gasteiger charge is -2.04. The number of rotatable bonds is 7. The predicted molar refractivity (Wildman–Crippen MR) is 57.8 cm³/mol. The molecule has 92 valence electrons. The first-order chi connectivity index (χ1) is 7.57. The van der Waals surface area contributed by atoms with Crippen molar-refractivity contribution >= 4 is 17.8 Å². The zero-order valence-corrected chi connectivity index (χ0v) is 9.41. The molecule has 6 nitrogen and oxygen atoms in total. The van der Waals surface area contributed by atoms with Gasteiger partial charge in [-0.15, -0.1) is 0 Å². The van der Waals surface area contributed by atoms with E-state index in [1.54, 1.807) is 0 Å². The van der Waals surface area contributed by atoms with Crippen molar-refractivity contribution in [2.24, 2.45) is 0 Å². The molecular formula is C10H18N2O4. The van der Waals surface area contributed by atoms with Gasteiger partial charge in [-0.3, -0.25) is 14.4 Å². The van der Waals surface area contributed by atoms with E-state index in [4.69, 9.17) is 5.11 Å². The normalized spacial score (nSPS) is 9.56. The van der Waals surface area contributed by atoms with Crippen molar-refractivity contribution in [2.75, 3.05) is 13.1 Å². The Balaban J connectivity index is 3.55. The molecule has 6 heteroatoms. The lowest BCUT2D eigenvalue weighted by molar-refractivity contribution is -0.142. The maximum Gasteiger partial charge on any atom is 0.322 e. The number of carbonyl (C=O) groups is 3. The van der Waals surface area contributed by atoms with Gasteiger partial charge >= 0.3 is 17.8 Å². The molecule has 0 aromatic heterocycles. The molecule has 0 aromatic carbocycles. The fourth-order valence-corrected chi connectivity index (χ4v) is 1.07. The molecule has 0 aromatic rings. The van der Waals surface area contributed by atoms with E-state index in [-0.39, 0.29) is 0 Å². The lowest BCUT2D eigenvalue weighted by Crippen LogP contribution is -2.42. The van der Waals surface area contributed by atoms with Crippen LogP contribution in [0.25, 0.3) is 0 Å². The zero-order valence-electron chi connectivity index (χ0n) is 9.41. The van der Waals surface area contributed by atoms with Crippen molar-refractivity contribution < 1.29 is 19.5 Å². The highest BCUT2D eigenvalue weighted by Gasteiger charge is 2.12. The van der Waals surface area contributed by atoms with Crippen LogP contribution < -0.4 is 10.6 Å². The number of carboxylic acid groups (broad SMARTS) is 1. The Bertz CT molecular complexity index is 253. The number of nitrogens with one attached hydrogen (secondary N) is 2. The molecule has 0 aliphatic heterocycles. The number of carbonyl (C=O) groups excluding carboxylic acids is 2. The number of aliphatic carboxylic acids is 1. The molecule has 0 aliphatic carbocycles. The summed E-state index contributed by atoms with van der Waals surface area (Å²) in [5, 5.41) is 12.7. The molecule has 0 unspecified atom stereocenters. The van der Waals surface area contributed by atoms with E-state index in [1.807, 2.05) is 5.32 Å². The average Bonchev–Trinajstić information content (AvgIpc) is 2.25. The van der Waals surface area contributed by atoms with Gasteiger partial charge in [0.05, 0.1) is 0 Å². The molecule has 0 heterocycles. The Hall–Kier alpha value is -1.59. The van der Waals surface area contributed by atoms with Crippen LogP contribution in [0.15, 0.2) is 0 Å². The summed E-state index contributed by atoms with van der Waals surface area (Å²) in [6.45, 7) is 1.99. The average molecular weight is 230 g/mol. The van der Waals surface area contributed by atoms with E-state index in [9.17, 15) is 14.4 Å². The first kappa shape index (κ1) is 14.4. The second-order valence-corrected chi connectivity index (χ2v) is 3.39. The highest BCUT2D eigenvalue weighted by Crippen LogP contribution is 1.96. The summed E-state index contributed by atoms with van der Waals surface area (Å²) in [6, 6.07) is 0. The van der Waals surface area contributed by atoms with Crippen LogP contribution in [0.3, 0.4) is 0 Å². The van der Waals surface area contributed by atoms with Crippen LogP contribution in [-0.2, 0) is 14.4 Å². The van der Waals surface area contributed by atoms with Crippen LogP contribution in [0.5, 0.6) is 0 Å². The number of hydrogen-bond acceptors (Lipinski definition) is 3. The summed E-state index contributed by atoms with van der Waals surface area (Å²) in [6.07, 6.45) is 4.04. The van der Waals surface area contributed by atoms with E-state index >= 15 is 0 Å². The maximum absolute atomic E-state index is 11.1. The standard InChI is InChI=1S/C10H18N2O4/c1-2-3-4-5-6-11-9(15)10(16)12-7-8(13)14/h2-7H2,1H3,(H,11,15)(H,12,16)(H,13,14). The topological polar surface area (TPSA) is 95.5 Å². The van der Waals surface area contributed by atoms with Gasteiger partial charge in [0.2, 0.25) is 0 Å². The summed E-state index contributed by atoms with van der Waals surface area (Å²) < 4.78 is 0. The third-order valence-electron chi connectivity index (χ3n) is 1.92. The van der Waals surface area contributed by atoms with Gasteiger partial charge in [-0.1, -0.05) is 26.2 Å². The fraction of sp³-hybridized carbons (Fsp3) is 0.700. The van der Waals surface area contributed by atoms with Gasteiger partial charge in [0.1, 0.15) is 6.54 Å². The van der Waals surface area contributed by atoms with Crippen LogP contribution in [0.4, 0.5) is 0 Å². The van der Waals surface area contributed by atoms with Crippen molar-refractivity contribution in [3.05, 3.63) is 0 Å². The molecule has 0 spiro atoms. The second-order valence-electron chi connectivity index (χ2n) is 3.39. The third-order valence-corrected chi connectivity index (χ3v) is 1.92. The number of hydrogen-bond donors (Lipinski definition) is 3. The third kappa shape index (κ3) is 7.78. The minimum Gasteiger partial charge on any atom is -0.480 e. The van der Waals surface area contributed by atoms with Gasteiger partial charge < -0.3 is 15.7 Å². The summed E-state index contributed by atoms with van der Waals surface area (Å²) >= 11 is 0. The Labute approximate surface area is 94.4 Å². The van der Waals surface area contributed by atoms with E-state index < -0.39 is 24.3 Å². The van der Waals surface area contributed by atoms with Gasteiger partial charge in [0, 0.05) is 6.54 Å². The Morgan fingerprint density at radius 2 is 1.62 bits per heavy atom. The molecule has 0 saturated heterocycles. The number of unbranched alkanes of at least 4 members (excludes halogenated alkanes) is 3. The minimum absolute atomic E-state index is 0.444. The monoisotopic (exact) mass is 230 g/mol. The first-order valence-electron chi connectivity index (χ1n) is 5.35. The highest BCUT2D eigenvalue weighted by atomic mass is 16.4. The van der Waals surface area contributed by atoms with Gasteiger partial charge in [0.25, 0.3) is 0 Å². The van der Waals surface area contributed by atoms with Crippen molar-refractivity contribution in [3.8, 4) is 0 Å². The van der Waals surface area contributed by atoms with Crippen molar-refractivity contribution in [1.29, 1.82) is 0 Å². The molecule has 3 N–H and O–H groups in total. The van der Waals surface area contributed by atoms with Crippen LogP contribution in [0, 0.1) is 0 Å². The fourth-order valence-electron chi connectivity index (χ4n) is 1.07. The van der Waals surface area contributed by atoms with Crippen LogP contribution >= 0.6 is 0 Å². The molecular weight excluding hydrogens is 212 g/mol. The van der Waals surface area contributed by atoms with Gasteiger partial charge in [0.15, 0.2) is 0 Å². The summed E-state index contributed by atoms with van der Waals surface area (Å²) in [5.74, 6) is -2.86. The Morgan fingerprint density at radius 3 is 2.19 bits per heavy atom. The maximum atomic E-state index is 11.1. The van der Waals surface area contributed by atoms with Crippen LogP contribution in [0.1, 0.15) is 32.6 Å². The molecule has 0 radical (unpaired) electrons. The SMILES string of the molecule is CCCCCCNC(=O)C(=O)NCC(=O)O. The molecule has 2 amide bonds. The lowest BCUT2D eigenvalue weighted by atomic mass is 10.2. The predicted octanol–water partition coefficient (Wildman–Crippen LogP) is -0.116. The van der Waals surface area contributed by atoms with E-state index in [1.165, 1.54) is 0 Å². The van der Waals surface area contributed by atoms with Crippen molar-refractivity contribution in [1.82, 2.24) is 10.6 Å². The van der Waals surface area contributed by atoms with Gasteiger partial charge in [-0.25, -0.2) is 0 Å². The zero-order chi connectivity index (χ0) is 12.4. The smallest absolute Gasteiger partial charge is 0.322 e.